The predicted octanol–water partition coefficient (Wildman–Crippen LogP) is 5.35. The zero-order chi connectivity index (χ0) is 24.3. The fourth-order valence-electron chi connectivity index (χ4n) is 4.05. The molecule has 0 saturated heterocycles. The summed E-state index contributed by atoms with van der Waals surface area (Å²) >= 11 is 12.8. The number of carbonyl (C=O) groups excluding carboxylic acids is 1. The van der Waals surface area contributed by atoms with Gasteiger partial charge in [-0.2, -0.15) is 0 Å². The molecule has 1 aromatic heterocycles. The number of aromatic nitrogens is 1. The van der Waals surface area contributed by atoms with Crippen molar-refractivity contribution < 1.29 is 17.9 Å². The topological polar surface area (TPSA) is 77.4 Å². The lowest BCUT2D eigenvalue weighted by Gasteiger charge is -2.11. The summed E-state index contributed by atoms with van der Waals surface area (Å²) in [5.74, 6) is 0.257. The number of ether oxygens (including phenoxy) is 1. The molecule has 0 aliphatic heterocycles. The zero-order valence-corrected chi connectivity index (χ0v) is 21.5. The van der Waals surface area contributed by atoms with Gasteiger partial charge < -0.3 is 9.30 Å². The summed E-state index contributed by atoms with van der Waals surface area (Å²) in [5, 5.41) is 2.36. The third-order valence-corrected chi connectivity index (χ3v) is 7.05. The lowest BCUT2D eigenvalue weighted by atomic mass is 10.1. The number of sulfonamides is 1. The van der Waals surface area contributed by atoms with Crippen molar-refractivity contribution in [3.63, 3.8) is 0 Å². The highest BCUT2D eigenvalue weighted by molar-refractivity contribution is 7.89. The smallest absolute Gasteiger partial charge is 0.235 e. The van der Waals surface area contributed by atoms with E-state index < -0.39 is 15.9 Å². The Balaban J connectivity index is 1.75. The maximum absolute atomic E-state index is 12.0. The van der Waals surface area contributed by atoms with Gasteiger partial charge in [0.25, 0.3) is 0 Å². The highest BCUT2D eigenvalue weighted by Gasteiger charge is 2.18. The Labute approximate surface area is 204 Å². The molecular weight excluding hydrogens is 483 g/mol. The van der Waals surface area contributed by atoms with Crippen LogP contribution in [0.25, 0.3) is 10.9 Å². The van der Waals surface area contributed by atoms with Crippen LogP contribution in [0.15, 0.2) is 30.3 Å². The molecule has 178 valence electrons. The Kier molecular flexibility index (Phi) is 7.98. The van der Waals surface area contributed by atoms with Crippen molar-refractivity contribution in [1.82, 2.24) is 9.29 Å². The fourth-order valence-corrected chi connectivity index (χ4v) is 4.96. The van der Waals surface area contributed by atoms with Gasteiger partial charge >= 0.3 is 0 Å². The largest absolute Gasteiger partial charge is 0.494 e. The first-order valence-corrected chi connectivity index (χ1v) is 13.3. The highest BCUT2D eigenvalue weighted by atomic mass is 35.5. The van der Waals surface area contributed by atoms with Gasteiger partial charge in [0.2, 0.25) is 15.9 Å². The minimum absolute atomic E-state index is 0.0437. The van der Waals surface area contributed by atoms with Crippen LogP contribution in [0.5, 0.6) is 5.75 Å². The Morgan fingerprint density at radius 2 is 1.79 bits per heavy atom. The number of amides is 1. The lowest BCUT2D eigenvalue weighted by molar-refractivity contribution is -0.119. The summed E-state index contributed by atoms with van der Waals surface area (Å²) < 4.78 is 32.6. The monoisotopic (exact) mass is 510 g/mol. The van der Waals surface area contributed by atoms with Crippen LogP contribution < -0.4 is 9.46 Å². The van der Waals surface area contributed by atoms with Crippen LogP contribution in [0.3, 0.4) is 0 Å². The number of nitrogens with one attached hydrogen (secondary N) is 1. The van der Waals surface area contributed by atoms with E-state index in [1.54, 1.807) is 0 Å². The number of aryl methyl sites for hydroxylation is 4. The number of benzene rings is 2. The molecule has 1 heterocycles. The van der Waals surface area contributed by atoms with Gasteiger partial charge in [-0.1, -0.05) is 29.3 Å². The zero-order valence-electron chi connectivity index (χ0n) is 19.2. The summed E-state index contributed by atoms with van der Waals surface area (Å²) in [4.78, 5) is 12.0. The fraction of sp³-hybridized carbons (Fsp3) is 0.375. The summed E-state index contributed by atoms with van der Waals surface area (Å²) in [7, 11) is -3.58. The molecule has 0 aliphatic carbocycles. The van der Waals surface area contributed by atoms with E-state index in [0.717, 1.165) is 63.2 Å². The normalized spacial score (nSPS) is 11.7. The summed E-state index contributed by atoms with van der Waals surface area (Å²) in [5.41, 5.74) is 5.00. The number of hydrogen-bond donors (Lipinski definition) is 1. The van der Waals surface area contributed by atoms with Crippen molar-refractivity contribution in [1.29, 1.82) is 0 Å². The predicted molar refractivity (Wildman–Crippen MR) is 134 cm³/mol. The molecule has 3 rings (SSSR count). The van der Waals surface area contributed by atoms with Crippen LogP contribution in [-0.2, 0) is 27.8 Å². The molecule has 0 unspecified atom stereocenters. The van der Waals surface area contributed by atoms with Crippen molar-refractivity contribution in [2.24, 2.45) is 0 Å². The molecule has 33 heavy (non-hydrogen) atoms. The molecule has 1 N–H and O–H groups in total. The standard InChI is InChI=1S/C24H28Cl2N2O4S/c1-15-13-18(14-16(2)24(15)26)32-12-6-7-19-17(3)28(11-10-22(29)27-33(4,30)31)21-9-5-8-20(25)23(19)21/h5,8-9,13-14H,6-7,10-12H2,1-4H3,(H,27,29). The van der Waals surface area contributed by atoms with Gasteiger partial charge in [-0.15, -0.1) is 0 Å². The van der Waals surface area contributed by atoms with E-state index in [2.05, 4.69) is 0 Å². The van der Waals surface area contributed by atoms with E-state index in [0.29, 0.717) is 18.2 Å². The molecular formula is C24H28Cl2N2O4S. The molecule has 0 aliphatic rings. The average molecular weight is 511 g/mol. The van der Waals surface area contributed by atoms with Crippen molar-refractivity contribution in [2.75, 3.05) is 12.9 Å². The highest BCUT2D eigenvalue weighted by Crippen LogP contribution is 2.33. The Bertz CT molecular complexity index is 1280. The van der Waals surface area contributed by atoms with Crippen molar-refractivity contribution in [2.45, 2.75) is 46.6 Å². The third-order valence-electron chi connectivity index (χ3n) is 5.54. The molecule has 3 aromatic rings. The average Bonchev–Trinajstić information content (AvgIpc) is 2.98. The minimum atomic E-state index is -3.58. The first kappa shape index (κ1) is 25.4. The van der Waals surface area contributed by atoms with Gasteiger partial charge in [-0.25, -0.2) is 8.42 Å². The molecule has 0 fully saturated rings. The number of carbonyl (C=O) groups is 1. The molecule has 0 saturated carbocycles. The molecule has 0 spiro atoms. The molecule has 2 aromatic carbocycles. The Morgan fingerprint density at radius 3 is 2.42 bits per heavy atom. The first-order chi connectivity index (χ1) is 15.5. The number of rotatable bonds is 9. The second-order valence-electron chi connectivity index (χ2n) is 8.22. The Hall–Kier alpha value is -2.22. The number of hydrogen-bond acceptors (Lipinski definition) is 4. The maximum atomic E-state index is 12.0. The van der Waals surface area contributed by atoms with E-state index >= 15 is 0 Å². The second kappa shape index (κ2) is 10.4. The Morgan fingerprint density at radius 1 is 1.12 bits per heavy atom. The van der Waals surface area contributed by atoms with E-state index in [1.807, 2.05) is 60.4 Å². The van der Waals surface area contributed by atoms with Crippen LogP contribution in [0.4, 0.5) is 0 Å². The van der Waals surface area contributed by atoms with Gasteiger partial charge in [0.15, 0.2) is 0 Å². The van der Waals surface area contributed by atoms with Crippen molar-refractivity contribution in [3.8, 4) is 5.75 Å². The molecule has 0 atom stereocenters. The third kappa shape index (κ3) is 6.22. The van der Waals surface area contributed by atoms with Crippen LogP contribution >= 0.6 is 23.2 Å². The summed E-state index contributed by atoms with van der Waals surface area (Å²) in [6.45, 7) is 6.79. The van der Waals surface area contributed by atoms with Crippen molar-refractivity contribution in [3.05, 3.63) is 62.8 Å². The van der Waals surface area contributed by atoms with Gasteiger partial charge in [0.1, 0.15) is 5.75 Å². The second-order valence-corrected chi connectivity index (χ2v) is 10.8. The van der Waals surface area contributed by atoms with E-state index in [9.17, 15) is 13.2 Å². The number of fused-ring (bicyclic) bond motifs is 1. The van der Waals surface area contributed by atoms with E-state index in [1.165, 1.54) is 0 Å². The maximum Gasteiger partial charge on any atom is 0.235 e. The molecule has 0 bridgehead atoms. The van der Waals surface area contributed by atoms with E-state index in [-0.39, 0.29) is 6.42 Å². The van der Waals surface area contributed by atoms with Crippen molar-refractivity contribution >= 4 is 50.0 Å². The summed E-state index contributed by atoms with van der Waals surface area (Å²) in [6.07, 6.45) is 2.54. The molecule has 1 amide bonds. The molecule has 9 heteroatoms. The SMILES string of the molecule is Cc1cc(OCCCc2c(C)n(CCC(=O)NS(C)(=O)=O)c3cccc(Cl)c23)cc(C)c1Cl. The summed E-state index contributed by atoms with van der Waals surface area (Å²) in [6, 6.07) is 9.55. The first-order valence-electron chi connectivity index (χ1n) is 10.6. The van der Waals surface area contributed by atoms with Crippen LogP contribution in [0.2, 0.25) is 10.0 Å². The minimum Gasteiger partial charge on any atom is -0.494 e. The van der Waals surface area contributed by atoms with E-state index in [4.69, 9.17) is 27.9 Å². The molecule has 0 radical (unpaired) electrons. The number of halogens is 2. The van der Waals surface area contributed by atoms with Gasteiger partial charge in [0, 0.05) is 29.1 Å². The van der Waals surface area contributed by atoms with Crippen LogP contribution in [0.1, 0.15) is 35.2 Å². The van der Waals surface area contributed by atoms with Gasteiger partial charge in [-0.3, -0.25) is 9.52 Å². The lowest BCUT2D eigenvalue weighted by Crippen LogP contribution is -2.30. The van der Waals surface area contributed by atoms with Gasteiger partial charge in [-0.05, 0) is 74.6 Å². The molecule has 6 nitrogen and oxygen atoms in total. The van der Waals surface area contributed by atoms with Crippen LogP contribution in [0, 0.1) is 20.8 Å². The van der Waals surface area contributed by atoms with Gasteiger partial charge in [0.05, 0.1) is 23.4 Å². The quantitative estimate of drug-likeness (QED) is 0.393. The number of nitrogens with zero attached hydrogens (tertiary/aromatic N) is 1. The van der Waals surface area contributed by atoms with Crippen LogP contribution in [-0.4, -0.2) is 31.8 Å².